The first-order valence-corrected chi connectivity index (χ1v) is 8.03. The van der Waals surface area contributed by atoms with E-state index < -0.39 is 0 Å². The Labute approximate surface area is 148 Å². The first-order valence-electron chi connectivity index (χ1n) is 8.03. The molecule has 0 bridgehead atoms. The van der Waals surface area contributed by atoms with Crippen LogP contribution in [0, 0.1) is 6.92 Å². The minimum Gasteiger partial charge on any atom is -0.267 e. The third-order valence-corrected chi connectivity index (χ3v) is 4.10. The lowest BCUT2D eigenvalue weighted by Gasteiger charge is -2.09. The van der Waals surface area contributed by atoms with Gasteiger partial charge in [-0.05, 0) is 30.7 Å². The van der Waals surface area contributed by atoms with Crippen molar-refractivity contribution in [1.82, 2.24) is 19.4 Å². The summed E-state index contributed by atoms with van der Waals surface area (Å²) >= 11 is 0. The molecule has 7 heteroatoms. The standard InChI is InChI=1S/C19H15N5O2/c1-13-7-5-6-10-15(13)18(25)22-23-12-20-17-16(19(23)26)11-21-24(17)14-8-3-2-4-9-14/h2-12H,1H3,(H,22,25). The van der Waals surface area contributed by atoms with Crippen LogP contribution in [0.5, 0.6) is 0 Å². The van der Waals surface area contributed by atoms with E-state index in [4.69, 9.17) is 0 Å². The lowest BCUT2D eigenvalue weighted by atomic mass is 10.1. The summed E-state index contributed by atoms with van der Waals surface area (Å²) in [7, 11) is 0. The van der Waals surface area contributed by atoms with E-state index in [9.17, 15) is 9.59 Å². The van der Waals surface area contributed by atoms with E-state index >= 15 is 0 Å². The minimum atomic E-state index is -0.390. The fourth-order valence-electron chi connectivity index (χ4n) is 2.75. The molecule has 0 aliphatic rings. The molecular weight excluding hydrogens is 330 g/mol. The summed E-state index contributed by atoms with van der Waals surface area (Å²) in [6.45, 7) is 1.84. The van der Waals surface area contributed by atoms with Gasteiger partial charge in [-0.2, -0.15) is 5.10 Å². The van der Waals surface area contributed by atoms with Crippen LogP contribution in [0.25, 0.3) is 16.7 Å². The van der Waals surface area contributed by atoms with Crippen molar-refractivity contribution in [3.05, 3.63) is 88.6 Å². The molecule has 0 aliphatic heterocycles. The van der Waals surface area contributed by atoms with Crippen LogP contribution in [0.15, 0.2) is 71.9 Å². The van der Waals surface area contributed by atoms with Gasteiger partial charge in [-0.1, -0.05) is 36.4 Å². The predicted octanol–water partition coefficient (Wildman–Crippen LogP) is 2.27. The minimum absolute atomic E-state index is 0.321. The zero-order valence-corrected chi connectivity index (χ0v) is 14.0. The third kappa shape index (κ3) is 2.65. The summed E-state index contributed by atoms with van der Waals surface area (Å²) < 4.78 is 2.67. The molecule has 0 unspecified atom stereocenters. The molecule has 26 heavy (non-hydrogen) atoms. The summed E-state index contributed by atoms with van der Waals surface area (Å²) in [5, 5.41) is 4.57. The number of amides is 1. The Kier molecular flexibility index (Phi) is 3.81. The van der Waals surface area contributed by atoms with Crippen LogP contribution in [0.2, 0.25) is 0 Å². The number of nitrogens with zero attached hydrogens (tertiary/aromatic N) is 4. The van der Waals surface area contributed by atoms with Gasteiger partial charge in [-0.25, -0.2) is 14.3 Å². The molecule has 0 atom stereocenters. The van der Waals surface area contributed by atoms with Crippen molar-refractivity contribution in [2.24, 2.45) is 0 Å². The first-order chi connectivity index (χ1) is 12.6. The van der Waals surface area contributed by atoms with Gasteiger partial charge in [0.25, 0.3) is 11.5 Å². The molecule has 4 aromatic rings. The number of carbonyl (C=O) groups excluding carboxylic acids is 1. The van der Waals surface area contributed by atoms with Crippen molar-refractivity contribution in [1.29, 1.82) is 0 Å². The molecule has 0 fully saturated rings. The molecule has 2 aromatic heterocycles. The molecule has 2 heterocycles. The normalized spacial score (nSPS) is 10.8. The van der Waals surface area contributed by atoms with Crippen molar-refractivity contribution in [2.45, 2.75) is 6.92 Å². The molecule has 0 saturated carbocycles. The summed E-state index contributed by atoms with van der Waals surface area (Å²) in [5.74, 6) is -0.373. The van der Waals surface area contributed by atoms with Crippen molar-refractivity contribution in [2.75, 3.05) is 5.43 Å². The average Bonchev–Trinajstić information content (AvgIpc) is 3.10. The van der Waals surface area contributed by atoms with E-state index in [-0.39, 0.29) is 11.5 Å². The maximum Gasteiger partial charge on any atom is 0.283 e. The highest BCUT2D eigenvalue weighted by molar-refractivity contribution is 6.01. The van der Waals surface area contributed by atoms with Crippen molar-refractivity contribution < 1.29 is 4.79 Å². The Morgan fingerprint density at radius 1 is 1.04 bits per heavy atom. The van der Waals surface area contributed by atoms with Gasteiger partial charge in [0.1, 0.15) is 11.7 Å². The van der Waals surface area contributed by atoms with Gasteiger partial charge >= 0.3 is 0 Å². The number of nitrogens with one attached hydrogen (secondary N) is 1. The van der Waals surface area contributed by atoms with E-state index in [0.717, 1.165) is 15.9 Å². The largest absolute Gasteiger partial charge is 0.283 e. The molecule has 1 N–H and O–H groups in total. The van der Waals surface area contributed by atoms with Crippen LogP contribution in [0.3, 0.4) is 0 Å². The van der Waals surface area contributed by atoms with E-state index in [2.05, 4.69) is 15.5 Å². The van der Waals surface area contributed by atoms with Gasteiger partial charge in [0.2, 0.25) is 0 Å². The second-order valence-corrected chi connectivity index (χ2v) is 5.80. The van der Waals surface area contributed by atoms with Crippen molar-refractivity contribution in [3.8, 4) is 5.69 Å². The lowest BCUT2D eigenvalue weighted by molar-refractivity contribution is 0.101. The number of para-hydroxylation sites is 1. The topological polar surface area (TPSA) is 81.8 Å². The molecule has 0 aliphatic carbocycles. The smallest absolute Gasteiger partial charge is 0.267 e. The van der Waals surface area contributed by atoms with Gasteiger partial charge in [0, 0.05) is 5.56 Å². The molecule has 0 spiro atoms. The zero-order chi connectivity index (χ0) is 18.1. The summed E-state index contributed by atoms with van der Waals surface area (Å²) in [6.07, 6.45) is 2.75. The average molecular weight is 345 g/mol. The number of hydrogen-bond donors (Lipinski definition) is 1. The zero-order valence-electron chi connectivity index (χ0n) is 14.0. The second-order valence-electron chi connectivity index (χ2n) is 5.80. The van der Waals surface area contributed by atoms with E-state index in [1.807, 2.05) is 49.4 Å². The summed E-state index contributed by atoms with van der Waals surface area (Å²) in [6, 6.07) is 16.6. The van der Waals surface area contributed by atoms with Crippen LogP contribution in [-0.2, 0) is 0 Å². The number of benzene rings is 2. The monoisotopic (exact) mass is 345 g/mol. The van der Waals surface area contributed by atoms with E-state index in [1.165, 1.54) is 12.5 Å². The molecule has 2 aromatic carbocycles. The number of rotatable bonds is 3. The summed E-state index contributed by atoms with van der Waals surface area (Å²) in [5.41, 5.74) is 4.74. The quantitative estimate of drug-likeness (QED) is 0.617. The SMILES string of the molecule is Cc1ccccc1C(=O)Nn1cnc2c(cnn2-c2ccccc2)c1=O. The number of aromatic nitrogens is 4. The summed E-state index contributed by atoms with van der Waals surface area (Å²) in [4.78, 5) is 29.4. The van der Waals surface area contributed by atoms with Crippen molar-refractivity contribution in [3.63, 3.8) is 0 Å². The Balaban J connectivity index is 1.72. The highest BCUT2D eigenvalue weighted by Gasteiger charge is 2.14. The molecule has 128 valence electrons. The van der Waals surface area contributed by atoms with Gasteiger partial charge < -0.3 is 0 Å². The van der Waals surface area contributed by atoms with Gasteiger partial charge in [0.05, 0.1) is 11.9 Å². The molecule has 7 nitrogen and oxygen atoms in total. The Morgan fingerprint density at radius 3 is 2.54 bits per heavy atom. The number of aryl methyl sites for hydroxylation is 1. The molecule has 0 saturated heterocycles. The highest BCUT2D eigenvalue weighted by atomic mass is 16.2. The fraction of sp³-hybridized carbons (Fsp3) is 0.0526. The fourth-order valence-corrected chi connectivity index (χ4v) is 2.75. The van der Waals surface area contributed by atoms with Crippen LogP contribution in [-0.4, -0.2) is 25.3 Å². The van der Waals surface area contributed by atoms with Gasteiger partial charge in [0.15, 0.2) is 5.65 Å². The molecule has 0 radical (unpaired) electrons. The number of fused-ring (bicyclic) bond motifs is 1. The van der Waals surface area contributed by atoms with Crippen molar-refractivity contribution >= 4 is 16.9 Å². The number of hydrogen-bond acceptors (Lipinski definition) is 4. The van der Waals surface area contributed by atoms with Crippen LogP contribution >= 0.6 is 0 Å². The maximum atomic E-state index is 12.7. The Hall–Kier alpha value is -3.74. The second kappa shape index (κ2) is 6.29. The van der Waals surface area contributed by atoms with Crippen LogP contribution in [0.1, 0.15) is 15.9 Å². The van der Waals surface area contributed by atoms with Gasteiger partial charge in [-0.15, -0.1) is 0 Å². The predicted molar refractivity (Wildman–Crippen MR) is 98.0 cm³/mol. The lowest BCUT2D eigenvalue weighted by Crippen LogP contribution is -2.33. The molecule has 1 amide bonds. The maximum absolute atomic E-state index is 12.7. The third-order valence-electron chi connectivity index (χ3n) is 4.10. The van der Waals surface area contributed by atoms with Gasteiger partial charge in [-0.3, -0.25) is 15.0 Å². The van der Waals surface area contributed by atoms with E-state index in [0.29, 0.717) is 16.6 Å². The molecular formula is C19H15N5O2. The number of carbonyl (C=O) groups is 1. The van der Waals surface area contributed by atoms with Crippen LogP contribution in [0.4, 0.5) is 0 Å². The molecule has 4 rings (SSSR count). The Morgan fingerprint density at radius 2 is 1.77 bits per heavy atom. The van der Waals surface area contributed by atoms with Crippen LogP contribution < -0.4 is 11.0 Å². The Bertz CT molecular complexity index is 1160. The first kappa shape index (κ1) is 15.8. The highest BCUT2D eigenvalue weighted by Crippen LogP contribution is 2.13. The van der Waals surface area contributed by atoms with E-state index in [1.54, 1.807) is 16.8 Å².